The topological polar surface area (TPSA) is 61.4 Å². The van der Waals surface area contributed by atoms with Gasteiger partial charge in [-0.3, -0.25) is 9.59 Å². The first-order valence-electron chi connectivity index (χ1n) is 13.1. The van der Waals surface area contributed by atoms with E-state index in [4.69, 9.17) is 11.6 Å². The fourth-order valence-corrected chi connectivity index (χ4v) is 6.09. The van der Waals surface area contributed by atoms with Crippen LogP contribution in [0.5, 0.6) is 0 Å². The fourth-order valence-electron chi connectivity index (χ4n) is 5.82. The number of piperidine rings is 1. The van der Waals surface area contributed by atoms with E-state index in [2.05, 4.69) is 39.8 Å². The Morgan fingerprint density at radius 3 is 2.40 bits per heavy atom. The molecule has 6 heteroatoms. The summed E-state index contributed by atoms with van der Waals surface area (Å²) in [7, 11) is 1.60. The largest absolute Gasteiger partial charge is 0.385 e. The lowest BCUT2D eigenvalue weighted by atomic mass is 9.77. The van der Waals surface area contributed by atoms with E-state index in [1.54, 1.807) is 13.1 Å². The molecule has 1 heterocycles. The van der Waals surface area contributed by atoms with Gasteiger partial charge in [0.2, 0.25) is 5.91 Å². The first-order valence-corrected chi connectivity index (χ1v) is 13.5. The molecule has 1 aliphatic heterocycles. The Bertz CT molecular complexity index is 996. The van der Waals surface area contributed by atoms with E-state index in [9.17, 15) is 9.59 Å². The lowest BCUT2D eigenvalue weighted by molar-refractivity contribution is -0.138. The van der Waals surface area contributed by atoms with Crippen molar-refractivity contribution in [2.24, 2.45) is 5.92 Å². The van der Waals surface area contributed by atoms with Crippen LogP contribution in [0.3, 0.4) is 0 Å². The summed E-state index contributed by atoms with van der Waals surface area (Å²) >= 11 is 6.23. The summed E-state index contributed by atoms with van der Waals surface area (Å²) in [6.45, 7) is 2.67. The van der Waals surface area contributed by atoms with Crippen LogP contribution in [0.25, 0.3) is 0 Å². The molecular formula is C29H38ClN3O2. The lowest BCUT2D eigenvalue weighted by Crippen LogP contribution is -2.48. The standard InChI is InChI=1S/C29H38ClN3O2/c1-31-27(34)25-13-12-24(21-26(25)30)32-18-8-5-9-22-14-19-33(20-15-22)28(35)29(16-6-7-17-29)23-10-3-2-4-11-23/h2-4,10-13,21-22,32H,5-9,14-20H2,1H3,(H,31,34). The number of rotatable bonds is 9. The van der Waals surface area contributed by atoms with E-state index < -0.39 is 0 Å². The Balaban J connectivity index is 1.18. The Labute approximate surface area is 214 Å². The highest BCUT2D eigenvalue weighted by atomic mass is 35.5. The molecule has 35 heavy (non-hydrogen) atoms. The van der Waals surface area contributed by atoms with Crippen LogP contribution in [0.1, 0.15) is 73.7 Å². The number of benzene rings is 2. The summed E-state index contributed by atoms with van der Waals surface area (Å²) in [6, 6.07) is 15.9. The van der Waals surface area contributed by atoms with Gasteiger partial charge in [-0.25, -0.2) is 0 Å². The number of nitrogens with one attached hydrogen (secondary N) is 2. The molecule has 0 spiro atoms. The van der Waals surface area contributed by atoms with Crippen molar-refractivity contribution in [3.05, 3.63) is 64.7 Å². The van der Waals surface area contributed by atoms with E-state index in [0.29, 0.717) is 22.4 Å². The van der Waals surface area contributed by atoms with Crippen molar-refractivity contribution >= 4 is 29.1 Å². The number of amides is 2. The first-order chi connectivity index (χ1) is 17.0. The molecule has 2 amide bonds. The molecule has 2 aromatic rings. The van der Waals surface area contributed by atoms with Crippen LogP contribution < -0.4 is 10.6 Å². The summed E-state index contributed by atoms with van der Waals surface area (Å²) in [4.78, 5) is 27.6. The van der Waals surface area contributed by atoms with Crippen molar-refractivity contribution in [2.75, 3.05) is 32.0 Å². The van der Waals surface area contributed by atoms with Gasteiger partial charge in [0.15, 0.2) is 0 Å². The van der Waals surface area contributed by atoms with Crippen LogP contribution >= 0.6 is 11.6 Å². The van der Waals surface area contributed by atoms with Crippen molar-refractivity contribution in [3.8, 4) is 0 Å². The molecule has 1 aliphatic carbocycles. The molecule has 0 bridgehead atoms. The van der Waals surface area contributed by atoms with Crippen molar-refractivity contribution < 1.29 is 9.59 Å². The van der Waals surface area contributed by atoms with Crippen LogP contribution in [0, 0.1) is 5.92 Å². The van der Waals surface area contributed by atoms with Crippen LogP contribution in [-0.2, 0) is 10.2 Å². The van der Waals surface area contributed by atoms with Crippen molar-refractivity contribution in [1.29, 1.82) is 0 Å². The number of carbonyl (C=O) groups excluding carboxylic acids is 2. The minimum atomic E-state index is -0.290. The van der Waals surface area contributed by atoms with Crippen molar-refractivity contribution in [3.63, 3.8) is 0 Å². The monoisotopic (exact) mass is 495 g/mol. The minimum Gasteiger partial charge on any atom is -0.385 e. The third kappa shape index (κ3) is 6.00. The molecule has 1 saturated heterocycles. The van der Waals surface area contributed by atoms with Crippen LogP contribution in [0.4, 0.5) is 5.69 Å². The molecule has 188 valence electrons. The maximum Gasteiger partial charge on any atom is 0.252 e. The van der Waals surface area contributed by atoms with Gasteiger partial charge in [0.25, 0.3) is 5.91 Å². The number of carbonyl (C=O) groups is 2. The molecule has 5 nitrogen and oxygen atoms in total. The summed E-state index contributed by atoms with van der Waals surface area (Å²) in [5, 5.41) is 6.47. The number of nitrogens with zero attached hydrogens (tertiary/aromatic N) is 1. The van der Waals surface area contributed by atoms with Gasteiger partial charge in [0.05, 0.1) is 16.0 Å². The Morgan fingerprint density at radius 1 is 1.03 bits per heavy atom. The Kier molecular flexibility index (Phi) is 8.72. The number of likely N-dealkylation sites (tertiary alicyclic amines) is 1. The fraction of sp³-hybridized carbons (Fsp3) is 0.517. The van der Waals surface area contributed by atoms with E-state index >= 15 is 0 Å². The van der Waals surface area contributed by atoms with Crippen molar-refractivity contribution in [1.82, 2.24) is 10.2 Å². The average Bonchev–Trinajstić information content (AvgIpc) is 3.40. The molecule has 4 rings (SSSR count). The molecule has 0 unspecified atom stereocenters. The highest BCUT2D eigenvalue weighted by Crippen LogP contribution is 2.43. The minimum absolute atomic E-state index is 0.173. The van der Waals surface area contributed by atoms with Crippen molar-refractivity contribution in [2.45, 2.75) is 63.2 Å². The Morgan fingerprint density at radius 2 is 1.74 bits per heavy atom. The maximum atomic E-state index is 13.6. The highest BCUT2D eigenvalue weighted by molar-refractivity contribution is 6.34. The normalized spacial score (nSPS) is 17.8. The van der Waals surface area contributed by atoms with Crippen LogP contribution in [0.2, 0.25) is 5.02 Å². The van der Waals surface area contributed by atoms with Gasteiger partial charge in [-0.15, -0.1) is 0 Å². The number of halogens is 1. The van der Waals surface area contributed by atoms with E-state index in [0.717, 1.165) is 70.3 Å². The molecule has 2 aromatic carbocycles. The zero-order chi connectivity index (χ0) is 24.7. The zero-order valence-corrected chi connectivity index (χ0v) is 21.6. The molecule has 0 atom stereocenters. The quantitative estimate of drug-likeness (QED) is 0.417. The maximum absolute atomic E-state index is 13.6. The first kappa shape index (κ1) is 25.6. The summed E-state index contributed by atoms with van der Waals surface area (Å²) in [6.07, 6.45) is 9.97. The van der Waals surface area contributed by atoms with Crippen LogP contribution in [-0.4, -0.2) is 43.4 Å². The molecule has 1 saturated carbocycles. The molecule has 0 radical (unpaired) electrons. The number of unbranched alkanes of at least 4 members (excludes halogenated alkanes) is 1. The third-order valence-electron chi connectivity index (χ3n) is 7.90. The third-order valence-corrected chi connectivity index (χ3v) is 8.22. The summed E-state index contributed by atoms with van der Waals surface area (Å²) in [5.41, 5.74) is 2.35. The number of anilines is 1. The number of hydrogen-bond acceptors (Lipinski definition) is 3. The SMILES string of the molecule is CNC(=O)c1ccc(NCCCCC2CCN(C(=O)C3(c4ccccc4)CCCC3)CC2)cc1Cl. The van der Waals surface area contributed by atoms with E-state index in [1.807, 2.05) is 18.2 Å². The average molecular weight is 496 g/mol. The van der Waals surface area contributed by atoms with Gasteiger partial charge < -0.3 is 15.5 Å². The van der Waals surface area contributed by atoms with Gasteiger partial charge in [-0.05, 0) is 61.8 Å². The molecule has 2 aliphatic rings. The predicted octanol–water partition coefficient (Wildman–Crippen LogP) is 6.03. The van der Waals surface area contributed by atoms with Crippen LogP contribution in [0.15, 0.2) is 48.5 Å². The predicted molar refractivity (Wildman–Crippen MR) is 143 cm³/mol. The Hall–Kier alpha value is -2.53. The second-order valence-corrected chi connectivity index (χ2v) is 10.5. The molecule has 2 N–H and O–H groups in total. The van der Waals surface area contributed by atoms with E-state index in [-0.39, 0.29) is 11.3 Å². The molecular weight excluding hydrogens is 458 g/mol. The van der Waals surface area contributed by atoms with Gasteiger partial charge in [-0.2, -0.15) is 0 Å². The van der Waals surface area contributed by atoms with Gasteiger partial charge in [0, 0.05) is 32.4 Å². The summed E-state index contributed by atoms with van der Waals surface area (Å²) in [5.74, 6) is 0.898. The second kappa shape index (κ2) is 11.9. The van der Waals surface area contributed by atoms with Gasteiger partial charge >= 0.3 is 0 Å². The smallest absolute Gasteiger partial charge is 0.252 e. The van der Waals surface area contributed by atoms with Gasteiger partial charge in [-0.1, -0.05) is 67.6 Å². The molecule has 0 aromatic heterocycles. The highest BCUT2D eigenvalue weighted by Gasteiger charge is 2.45. The zero-order valence-electron chi connectivity index (χ0n) is 20.8. The molecule has 2 fully saturated rings. The second-order valence-electron chi connectivity index (χ2n) is 10.1. The number of hydrogen-bond donors (Lipinski definition) is 2. The lowest BCUT2D eigenvalue weighted by Gasteiger charge is -2.39. The van der Waals surface area contributed by atoms with Gasteiger partial charge in [0.1, 0.15) is 0 Å². The summed E-state index contributed by atoms with van der Waals surface area (Å²) < 4.78 is 0. The van der Waals surface area contributed by atoms with E-state index in [1.165, 1.54) is 18.4 Å².